The third-order valence-corrected chi connectivity index (χ3v) is 8.79. The average molecular weight is 324 g/mol. The van der Waals surface area contributed by atoms with Crippen molar-refractivity contribution in [1.29, 1.82) is 0 Å². The van der Waals surface area contributed by atoms with Crippen LogP contribution in [0.5, 0.6) is 0 Å². The van der Waals surface area contributed by atoms with Gasteiger partial charge in [0.1, 0.15) is 8.07 Å². The summed E-state index contributed by atoms with van der Waals surface area (Å²) in [4.78, 5) is 11.5. The second-order valence-corrected chi connectivity index (χ2v) is 10.4. The van der Waals surface area contributed by atoms with Crippen LogP contribution >= 0.6 is 0 Å². The second-order valence-electron chi connectivity index (χ2n) is 6.08. The molecule has 23 heavy (non-hydrogen) atoms. The molecule has 0 unspecified atom stereocenters. The molecule has 0 amide bonds. The highest BCUT2D eigenvalue weighted by Gasteiger charge is 2.31. The van der Waals surface area contributed by atoms with Crippen molar-refractivity contribution < 1.29 is 9.53 Å². The molecule has 0 atom stereocenters. The van der Waals surface area contributed by atoms with Crippen LogP contribution < -0.4 is 10.4 Å². The Balaban J connectivity index is 2.13. The molecule has 3 heteroatoms. The maximum atomic E-state index is 11.5. The van der Waals surface area contributed by atoms with Gasteiger partial charge in [-0.3, -0.25) is 0 Å². The Hall–Kier alpha value is -2.13. The lowest BCUT2D eigenvalue weighted by Crippen LogP contribution is -2.55. The Morgan fingerprint density at radius 1 is 1.00 bits per heavy atom. The first kappa shape index (κ1) is 17.2. The van der Waals surface area contributed by atoms with Gasteiger partial charge in [-0.15, -0.1) is 0 Å². The van der Waals surface area contributed by atoms with Gasteiger partial charge in [0, 0.05) is 5.57 Å². The quantitative estimate of drug-likeness (QED) is 0.338. The highest BCUT2D eigenvalue weighted by Crippen LogP contribution is 2.14. The number of hydrogen-bond acceptors (Lipinski definition) is 2. The van der Waals surface area contributed by atoms with Gasteiger partial charge in [0.15, 0.2) is 0 Å². The normalized spacial score (nSPS) is 11.0. The predicted molar refractivity (Wildman–Crippen MR) is 99.0 cm³/mol. The summed E-state index contributed by atoms with van der Waals surface area (Å²) < 4.78 is 5.25. The van der Waals surface area contributed by atoms with E-state index in [-0.39, 0.29) is 5.97 Å². The van der Waals surface area contributed by atoms with E-state index in [9.17, 15) is 4.79 Å². The molecule has 0 radical (unpaired) electrons. The number of rotatable bonds is 7. The predicted octanol–water partition coefficient (Wildman–Crippen LogP) is 3.39. The van der Waals surface area contributed by atoms with Crippen LogP contribution in [-0.4, -0.2) is 20.7 Å². The second kappa shape index (κ2) is 7.93. The Bertz CT molecular complexity index is 610. The summed E-state index contributed by atoms with van der Waals surface area (Å²) in [6.07, 6.45) is 0.867. The largest absolute Gasteiger partial charge is 0.462 e. The molecule has 0 heterocycles. The molecular formula is C20H24O2Si. The van der Waals surface area contributed by atoms with E-state index in [4.69, 9.17) is 4.74 Å². The maximum Gasteiger partial charge on any atom is 0.333 e. The van der Waals surface area contributed by atoms with E-state index >= 15 is 0 Å². The van der Waals surface area contributed by atoms with E-state index in [0.717, 1.165) is 12.5 Å². The Kier molecular flexibility index (Phi) is 5.94. The van der Waals surface area contributed by atoms with E-state index < -0.39 is 8.07 Å². The molecule has 0 saturated heterocycles. The summed E-state index contributed by atoms with van der Waals surface area (Å²) in [5.74, 6) is -0.298. The van der Waals surface area contributed by atoms with Crippen molar-refractivity contribution in [3.8, 4) is 0 Å². The number of benzene rings is 2. The topological polar surface area (TPSA) is 26.3 Å². The molecule has 2 nitrogen and oxygen atoms in total. The fourth-order valence-corrected chi connectivity index (χ4v) is 6.40. The van der Waals surface area contributed by atoms with Crippen molar-refractivity contribution in [3.05, 3.63) is 72.8 Å². The lowest BCUT2D eigenvalue weighted by molar-refractivity contribution is -0.138. The molecule has 120 valence electrons. The summed E-state index contributed by atoms with van der Waals surface area (Å²) in [6, 6.07) is 22.4. The summed E-state index contributed by atoms with van der Waals surface area (Å²) in [7, 11) is -1.81. The zero-order valence-corrected chi connectivity index (χ0v) is 14.9. The number of esters is 1. The van der Waals surface area contributed by atoms with Gasteiger partial charge in [-0.25, -0.2) is 4.79 Å². The standard InChI is InChI=1S/C20H24O2Si/c1-17(2)20(21)22-15-10-16-23(3,18-11-6-4-7-12-18)19-13-8-5-9-14-19/h4-9,11-14H,1,10,15-16H2,2-3H3. The molecule has 0 aromatic heterocycles. The Labute approximate surface area is 139 Å². The minimum atomic E-state index is -1.81. The third-order valence-electron chi connectivity index (χ3n) is 4.22. The molecule has 2 rings (SSSR count). The zero-order chi connectivity index (χ0) is 16.7. The molecule has 2 aromatic rings. The van der Waals surface area contributed by atoms with Crippen molar-refractivity contribution >= 4 is 24.4 Å². The van der Waals surface area contributed by atoms with Gasteiger partial charge in [-0.1, -0.05) is 84.2 Å². The van der Waals surface area contributed by atoms with Crippen molar-refractivity contribution in [2.45, 2.75) is 25.9 Å². The number of hydrogen-bond donors (Lipinski definition) is 0. The highest BCUT2D eigenvalue weighted by atomic mass is 28.3. The van der Waals surface area contributed by atoms with Crippen molar-refractivity contribution in [3.63, 3.8) is 0 Å². The monoisotopic (exact) mass is 324 g/mol. The van der Waals surface area contributed by atoms with E-state index in [1.54, 1.807) is 6.92 Å². The highest BCUT2D eigenvalue weighted by molar-refractivity contribution is 7.01. The first-order valence-corrected chi connectivity index (χ1v) is 10.7. The SMILES string of the molecule is C=C(C)C(=O)OCCC[Si](C)(c1ccccc1)c1ccccc1. The lowest BCUT2D eigenvalue weighted by atomic mass is 10.4. The average Bonchev–Trinajstić information content (AvgIpc) is 2.59. The summed E-state index contributed by atoms with van der Waals surface area (Å²) in [6.45, 7) is 8.13. The van der Waals surface area contributed by atoms with Crippen molar-refractivity contribution in [2.24, 2.45) is 0 Å². The van der Waals surface area contributed by atoms with Gasteiger partial charge in [0.25, 0.3) is 0 Å². The Morgan fingerprint density at radius 2 is 1.48 bits per heavy atom. The molecular weight excluding hydrogens is 300 g/mol. The van der Waals surface area contributed by atoms with Crippen molar-refractivity contribution in [1.82, 2.24) is 0 Å². The fraction of sp³-hybridized carbons (Fsp3) is 0.250. The third kappa shape index (κ3) is 4.42. The van der Waals surface area contributed by atoms with Crippen LogP contribution in [-0.2, 0) is 9.53 Å². The van der Waals surface area contributed by atoms with E-state index in [0.29, 0.717) is 12.2 Å². The first-order chi connectivity index (χ1) is 11.0. The maximum absolute atomic E-state index is 11.5. The van der Waals surface area contributed by atoms with Gasteiger partial charge >= 0.3 is 5.97 Å². The van der Waals surface area contributed by atoms with Gasteiger partial charge in [-0.2, -0.15) is 0 Å². The molecule has 0 spiro atoms. The zero-order valence-electron chi connectivity index (χ0n) is 13.9. The van der Waals surface area contributed by atoms with Crippen LogP contribution in [0, 0.1) is 0 Å². The fourth-order valence-electron chi connectivity index (χ4n) is 2.78. The molecule has 0 aliphatic carbocycles. The molecule has 0 fully saturated rings. The number of ether oxygens (including phenoxy) is 1. The van der Waals surface area contributed by atoms with Gasteiger partial charge in [-0.05, 0) is 19.4 Å². The van der Waals surface area contributed by atoms with Crippen LogP contribution in [0.1, 0.15) is 13.3 Å². The Morgan fingerprint density at radius 3 is 1.91 bits per heavy atom. The van der Waals surface area contributed by atoms with Crippen LogP contribution in [0.2, 0.25) is 12.6 Å². The van der Waals surface area contributed by atoms with E-state index in [1.807, 2.05) is 0 Å². The molecule has 0 N–H and O–H groups in total. The molecule has 2 aromatic carbocycles. The molecule has 0 bridgehead atoms. The van der Waals surface area contributed by atoms with Gasteiger partial charge < -0.3 is 4.74 Å². The van der Waals surface area contributed by atoms with Crippen LogP contribution in [0.15, 0.2) is 72.8 Å². The minimum absolute atomic E-state index is 0.298. The van der Waals surface area contributed by atoms with Gasteiger partial charge in [0.05, 0.1) is 6.61 Å². The van der Waals surface area contributed by atoms with Crippen LogP contribution in [0.25, 0.3) is 0 Å². The smallest absolute Gasteiger partial charge is 0.333 e. The summed E-state index contributed by atoms with van der Waals surface area (Å²) >= 11 is 0. The van der Waals surface area contributed by atoms with Gasteiger partial charge in [0.2, 0.25) is 0 Å². The van der Waals surface area contributed by atoms with Crippen LogP contribution in [0.3, 0.4) is 0 Å². The van der Waals surface area contributed by atoms with Crippen LogP contribution in [0.4, 0.5) is 0 Å². The number of carbonyl (C=O) groups excluding carboxylic acids is 1. The molecule has 0 aliphatic heterocycles. The lowest BCUT2D eigenvalue weighted by Gasteiger charge is -2.28. The summed E-state index contributed by atoms with van der Waals surface area (Å²) in [5, 5.41) is 2.83. The van der Waals surface area contributed by atoms with E-state index in [2.05, 4.69) is 73.8 Å². The van der Waals surface area contributed by atoms with E-state index in [1.165, 1.54) is 10.4 Å². The number of carbonyl (C=O) groups is 1. The minimum Gasteiger partial charge on any atom is -0.462 e. The molecule has 0 aliphatic rings. The summed E-state index contributed by atoms with van der Waals surface area (Å²) in [5.41, 5.74) is 0.455. The van der Waals surface area contributed by atoms with Crippen molar-refractivity contribution in [2.75, 3.05) is 6.61 Å². The first-order valence-electron chi connectivity index (χ1n) is 7.98. The molecule has 0 saturated carbocycles.